The summed E-state index contributed by atoms with van der Waals surface area (Å²) in [5.41, 5.74) is 2.29. The van der Waals surface area contributed by atoms with Gasteiger partial charge in [-0.05, 0) is 41.8 Å². The second-order valence-electron chi connectivity index (χ2n) is 7.01. The van der Waals surface area contributed by atoms with Gasteiger partial charge in [0.25, 0.3) is 0 Å². The summed E-state index contributed by atoms with van der Waals surface area (Å²) in [6, 6.07) is 8.28. The molecule has 0 radical (unpaired) electrons. The molecule has 0 aliphatic carbocycles. The van der Waals surface area contributed by atoms with Gasteiger partial charge in [-0.15, -0.1) is 5.10 Å². The zero-order chi connectivity index (χ0) is 17.0. The van der Waals surface area contributed by atoms with Gasteiger partial charge in [-0.3, -0.25) is 4.79 Å². The fraction of sp³-hybridized carbons (Fsp3) is 0.529. The van der Waals surface area contributed by atoms with Crippen LogP contribution in [0.15, 0.2) is 24.3 Å². The third-order valence-corrected chi connectivity index (χ3v) is 3.69. The van der Waals surface area contributed by atoms with E-state index in [9.17, 15) is 4.79 Å². The summed E-state index contributed by atoms with van der Waals surface area (Å²) in [7, 11) is 0. The van der Waals surface area contributed by atoms with Gasteiger partial charge in [0.05, 0.1) is 0 Å². The van der Waals surface area contributed by atoms with Gasteiger partial charge in [0, 0.05) is 11.5 Å². The summed E-state index contributed by atoms with van der Waals surface area (Å²) in [6.07, 6.45) is 0.806. The van der Waals surface area contributed by atoms with Crippen LogP contribution in [-0.2, 0) is 23.2 Å². The van der Waals surface area contributed by atoms with E-state index < -0.39 is 0 Å². The molecule has 0 saturated carbocycles. The molecule has 1 amide bonds. The van der Waals surface area contributed by atoms with E-state index in [4.69, 9.17) is 0 Å². The van der Waals surface area contributed by atoms with Crippen LogP contribution in [0.3, 0.4) is 0 Å². The number of tetrazole rings is 1. The van der Waals surface area contributed by atoms with E-state index >= 15 is 0 Å². The van der Waals surface area contributed by atoms with Crippen LogP contribution in [0.1, 0.15) is 44.6 Å². The first kappa shape index (κ1) is 17.1. The van der Waals surface area contributed by atoms with Crippen molar-refractivity contribution in [3.05, 3.63) is 41.2 Å². The largest absolute Gasteiger partial charge is 0.352 e. The second kappa shape index (κ2) is 6.89. The van der Waals surface area contributed by atoms with Gasteiger partial charge in [0.1, 0.15) is 6.54 Å². The second-order valence-corrected chi connectivity index (χ2v) is 7.01. The zero-order valence-corrected chi connectivity index (χ0v) is 14.5. The summed E-state index contributed by atoms with van der Waals surface area (Å²) in [5, 5.41) is 14.6. The number of aromatic nitrogens is 4. The van der Waals surface area contributed by atoms with E-state index in [-0.39, 0.29) is 23.9 Å². The van der Waals surface area contributed by atoms with Crippen LogP contribution < -0.4 is 5.32 Å². The molecule has 1 aromatic carbocycles. The van der Waals surface area contributed by atoms with E-state index in [0.29, 0.717) is 5.82 Å². The first-order valence-corrected chi connectivity index (χ1v) is 7.88. The number of carbonyl (C=O) groups excluding carboxylic acids is 1. The lowest BCUT2D eigenvalue weighted by atomic mass is 9.96. The van der Waals surface area contributed by atoms with Crippen LogP contribution in [0.25, 0.3) is 0 Å². The van der Waals surface area contributed by atoms with Gasteiger partial charge >= 0.3 is 0 Å². The number of nitrogens with zero attached hydrogens (tertiary/aromatic N) is 4. The Hall–Kier alpha value is -2.24. The Morgan fingerprint density at radius 3 is 2.65 bits per heavy atom. The number of benzene rings is 1. The highest BCUT2D eigenvalue weighted by Crippen LogP contribution is 2.18. The van der Waals surface area contributed by atoms with Crippen LogP contribution in [0.5, 0.6) is 0 Å². The quantitative estimate of drug-likeness (QED) is 0.916. The molecule has 6 heteroatoms. The molecule has 1 aromatic heterocycles. The molecule has 2 rings (SSSR count). The molecule has 1 atom stereocenters. The average molecular weight is 315 g/mol. The zero-order valence-electron chi connectivity index (χ0n) is 14.5. The minimum absolute atomic E-state index is 0.0539. The lowest BCUT2D eigenvalue weighted by molar-refractivity contribution is -0.122. The maximum atomic E-state index is 12.2. The summed E-state index contributed by atoms with van der Waals surface area (Å²) < 4.78 is 1.57. The standard InChI is InChI=1S/C17H25N5O/c1-12-8-6-7-9-14(12)10-13(2)18-15(23)11-22-16(17(3,4)5)19-20-21-22/h6-9,13H,10-11H2,1-5H3,(H,18,23)/t13-/m1/s1. The number of nitrogens with one attached hydrogen (secondary N) is 1. The third-order valence-electron chi connectivity index (χ3n) is 3.69. The van der Waals surface area contributed by atoms with Crippen molar-refractivity contribution in [2.45, 2.75) is 59.0 Å². The molecule has 1 N–H and O–H groups in total. The first-order valence-electron chi connectivity index (χ1n) is 7.88. The smallest absolute Gasteiger partial charge is 0.242 e. The van der Waals surface area contributed by atoms with Crippen molar-refractivity contribution in [1.82, 2.24) is 25.5 Å². The molecule has 1 heterocycles. The van der Waals surface area contributed by atoms with E-state index in [2.05, 4.69) is 39.9 Å². The van der Waals surface area contributed by atoms with Crippen molar-refractivity contribution in [2.75, 3.05) is 0 Å². The van der Waals surface area contributed by atoms with E-state index in [1.54, 1.807) is 4.68 Å². The van der Waals surface area contributed by atoms with Crippen LogP contribution in [-0.4, -0.2) is 32.2 Å². The number of rotatable bonds is 5. The van der Waals surface area contributed by atoms with Crippen LogP contribution >= 0.6 is 0 Å². The fourth-order valence-corrected chi connectivity index (χ4v) is 2.52. The van der Waals surface area contributed by atoms with Crippen molar-refractivity contribution >= 4 is 5.91 Å². The molecule has 6 nitrogen and oxygen atoms in total. The normalized spacial score (nSPS) is 12.9. The van der Waals surface area contributed by atoms with Crippen LogP contribution in [0.4, 0.5) is 0 Å². The van der Waals surface area contributed by atoms with Gasteiger partial charge < -0.3 is 5.32 Å². The van der Waals surface area contributed by atoms with Gasteiger partial charge in [-0.2, -0.15) is 0 Å². The SMILES string of the molecule is Cc1ccccc1C[C@@H](C)NC(=O)Cn1nnnc1C(C)(C)C. The topological polar surface area (TPSA) is 72.7 Å². The number of hydrogen-bond acceptors (Lipinski definition) is 4. The lowest BCUT2D eigenvalue weighted by Crippen LogP contribution is -2.37. The molecule has 0 bridgehead atoms. The van der Waals surface area contributed by atoms with E-state index in [1.807, 2.05) is 39.8 Å². The van der Waals surface area contributed by atoms with E-state index in [0.717, 1.165) is 6.42 Å². The first-order chi connectivity index (χ1) is 10.8. The minimum Gasteiger partial charge on any atom is -0.352 e. The Labute approximate surface area is 137 Å². The Balaban J connectivity index is 1.95. The number of aryl methyl sites for hydroxylation is 1. The monoisotopic (exact) mass is 315 g/mol. The highest BCUT2D eigenvalue weighted by Gasteiger charge is 2.23. The predicted octanol–water partition coefficient (Wildman–Crippen LogP) is 2.03. The molecule has 124 valence electrons. The predicted molar refractivity (Wildman–Crippen MR) is 89.0 cm³/mol. The van der Waals surface area contributed by atoms with Gasteiger partial charge in [0.15, 0.2) is 5.82 Å². The number of hydrogen-bond donors (Lipinski definition) is 1. The van der Waals surface area contributed by atoms with E-state index in [1.165, 1.54) is 11.1 Å². The molecule has 0 aliphatic heterocycles. The highest BCUT2D eigenvalue weighted by molar-refractivity contribution is 5.76. The minimum atomic E-state index is -0.198. The Morgan fingerprint density at radius 1 is 1.30 bits per heavy atom. The summed E-state index contributed by atoms with van der Waals surface area (Å²) in [6.45, 7) is 10.3. The van der Waals surface area contributed by atoms with Gasteiger partial charge in [-0.1, -0.05) is 45.0 Å². The van der Waals surface area contributed by atoms with Gasteiger partial charge in [-0.25, -0.2) is 4.68 Å². The van der Waals surface area contributed by atoms with Crippen molar-refractivity contribution < 1.29 is 4.79 Å². The maximum Gasteiger partial charge on any atom is 0.242 e. The van der Waals surface area contributed by atoms with Crippen LogP contribution in [0.2, 0.25) is 0 Å². The number of carbonyl (C=O) groups is 1. The highest BCUT2D eigenvalue weighted by atomic mass is 16.2. The van der Waals surface area contributed by atoms with Crippen LogP contribution in [0, 0.1) is 6.92 Å². The molecule has 0 fully saturated rings. The lowest BCUT2D eigenvalue weighted by Gasteiger charge is -2.18. The fourth-order valence-electron chi connectivity index (χ4n) is 2.52. The molecular formula is C17H25N5O. The van der Waals surface area contributed by atoms with Crippen molar-refractivity contribution in [3.8, 4) is 0 Å². The van der Waals surface area contributed by atoms with Crippen molar-refractivity contribution in [2.24, 2.45) is 0 Å². The summed E-state index contributed by atoms with van der Waals surface area (Å²) in [5.74, 6) is 0.628. The van der Waals surface area contributed by atoms with Crippen molar-refractivity contribution in [3.63, 3.8) is 0 Å². The maximum absolute atomic E-state index is 12.2. The Morgan fingerprint density at radius 2 is 2.00 bits per heavy atom. The van der Waals surface area contributed by atoms with Crippen molar-refractivity contribution in [1.29, 1.82) is 0 Å². The molecule has 0 unspecified atom stereocenters. The molecular weight excluding hydrogens is 290 g/mol. The Bertz CT molecular complexity index is 672. The summed E-state index contributed by atoms with van der Waals surface area (Å²) >= 11 is 0. The molecule has 0 aliphatic rings. The third kappa shape index (κ3) is 4.61. The van der Waals surface area contributed by atoms with Gasteiger partial charge in [0.2, 0.25) is 5.91 Å². The Kier molecular flexibility index (Phi) is 5.13. The molecule has 23 heavy (non-hydrogen) atoms. The average Bonchev–Trinajstić information content (AvgIpc) is 2.89. The summed E-state index contributed by atoms with van der Waals surface area (Å²) in [4.78, 5) is 12.2. The molecule has 0 spiro atoms. The molecule has 2 aromatic rings. The number of amides is 1. The molecule has 0 saturated heterocycles.